The first-order chi connectivity index (χ1) is 9.52. The third-order valence-corrected chi connectivity index (χ3v) is 4.53. The molecule has 1 aromatic rings. The van der Waals surface area contributed by atoms with E-state index in [1.807, 2.05) is 6.92 Å². The Morgan fingerprint density at radius 2 is 1.90 bits per heavy atom. The minimum atomic E-state index is 0.457. The molecule has 20 heavy (non-hydrogen) atoms. The van der Waals surface area contributed by atoms with Crippen LogP contribution in [0.3, 0.4) is 0 Å². The Kier molecular flexibility index (Phi) is 4.48. The van der Waals surface area contributed by atoms with Crippen molar-refractivity contribution < 1.29 is 0 Å². The van der Waals surface area contributed by atoms with Gasteiger partial charge in [0.05, 0.1) is 0 Å². The minimum absolute atomic E-state index is 0.457. The van der Waals surface area contributed by atoms with E-state index in [-0.39, 0.29) is 0 Å². The van der Waals surface area contributed by atoms with Gasteiger partial charge in [0.1, 0.15) is 17.5 Å². The zero-order valence-corrected chi connectivity index (χ0v) is 13.1. The molecule has 1 aliphatic carbocycles. The lowest BCUT2D eigenvalue weighted by Crippen LogP contribution is -2.23. The molecular formula is C15H27N5. The van der Waals surface area contributed by atoms with Gasteiger partial charge in [0.25, 0.3) is 0 Å². The molecule has 1 saturated carbocycles. The summed E-state index contributed by atoms with van der Waals surface area (Å²) in [6.07, 6.45) is 4.53. The molecule has 1 heterocycles. The Morgan fingerprint density at radius 3 is 2.40 bits per heavy atom. The number of hydrazine groups is 1. The van der Waals surface area contributed by atoms with Crippen LogP contribution in [0.4, 0.5) is 11.6 Å². The lowest BCUT2D eigenvalue weighted by Gasteiger charge is -2.21. The summed E-state index contributed by atoms with van der Waals surface area (Å²) >= 11 is 0. The highest BCUT2D eigenvalue weighted by molar-refractivity contribution is 5.56. The van der Waals surface area contributed by atoms with Crippen LogP contribution < -0.4 is 16.6 Å². The van der Waals surface area contributed by atoms with Crippen molar-refractivity contribution in [1.82, 2.24) is 9.97 Å². The summed E-state index contributed by atoms with van der Waals surface area (Å²) < 4.78 is 0. The molecule has 2 rings (SSSR count). The number of rotatable bonds is 7. The van der Waals surface area contributed by atoms with Crippen molar-refractivity contribution in [2.75, 3.05) is 17.3 Å². The predicted molar refractivity (Wildman–Crippen MR) is 83.6 cm³/mol. The summed E-state index contributed by atoms with van der Waals surface area (Å²) in [5.74, 6) is 8.76. The molecule has 0 bridgehead atoms. The van der Waals surface area contributed by atoms with E-state index in [0.717, 1.165) is 42.4 Å². The van der Waals surface area contributed by atoms with Crippen LogP contribution in [-0.2, 0) is 6.42 Å². The van der Waals surface area contributed by atoms with Crippen LogP contribution in [0, 0.1) is 18.3 Å². The van der Waals surface area contributed by atoms with Gasteiger partial charge in [-0.2, -0.15) is 0 Å². The van der Waals surface area contributed by atoms with Gasteiger partial charge in [0.15, 0.2) is 0 Å². The number of nitrogens with zero attached hydrogens (tertiary/aromatic N) is 2. The van der Waals surface area contributed by atoms with E-state index in [9.17, 15) is 0 Å². The van der Waals surface area contributed by atoms with Gasteiger partial charge in [0.2, 0.25) is 0 Å². The number of hydrogen-bond donors (Lipinski definition) is 3. The number of nitrogens with one attached hydrogen (secondary N) is 2. The Bertz CT molecular complexity index is 466. The second-order valence-corrected chi connectivity index (χ2v) is 6.23. The smallest absolute Gasteiger partial charge is 0.148 e. The van der Waals surface area contributed by atoms with E-state index < -0.39 is 0 Å². The number of nitrogens with two attached hydrogens (primary N) is 1. The van der Waals surface area contributed by atoms with Gasteiger partial charge >= 0.3 is 0 Å². The fourth-order valence-corrected chi connectivity index (χ4v) is 2.59. The van der Waals surface area contributed by atoms with Gasteiger partial charge in [-0.15, -0.1) is 0 Å². The summed E-state index contributed by atoms with van der Waals surface area (Å²) in [7, 11) is 0. The molecule has 5 nitrogen and oxygen atoms in total. The fourth-order valence-electron chi connectivity index (χ4n) is 2.59. The summed E-state index contributed by atoms with van der Waals surface area (Å²) in [5.41, 5.74) is 4.13. The molecule has 0 amide bonds. The van der Waals surface area contributed by atoms with Crippen molar-refractivity contribution in [3.8, 4) is 0 Å². The monoisotopic (exact) mass is 277 g/mol. The normalized spacial score (nSPS) is 16.3. The SMILES string of the molecule is CCCc1nc(NN)c(C)c(NCC2(C(C)C)CC2)n1. The van der Waals surface area contributed by atoms with Crippen molar-refractivity contribution in [3.05, 3.63) is 11.4 Å². The third-order valence-electron chi connectivity index (χ3n) is 4.53. The summed E-state index contributed by atoms with van der Waals surface area (Å²) in [5, 5.41) is 3.52. The first-order valence-electron chi connectivity index (χ1n) is 7.60. The second-order valence-electron chi connectivity index (χ2n) is 6.23. The molecule has 1 aromatic heterocycles. The molecule has 0 spiro atoms. The predicted octanol–water partition coefficient (Wildman–Crippen LogP) is 2.87. The van der Waals surface area contributed by atoms with Crippen LogP contribution in [0.5, 0.6) is 0 Å². The largest absolute Gasteiger partial charge is 0.369 e. The maximum atomic E-state index is 5.56. The van der Waals surface area contributed by atoms with Crippen LogP contribution >= 0.6 is 0 Å². The van der Waals surface area contributed by atoms with E-state index >= 15 is 0 Å². The minimum Gasteiger partial charge on any atom is -0.369 e. The van der Waals surface area contributed by atoms with Crippen molar-refractivity contribution in [2.24, 2.45) is 17.2 Å². The molecule has 0 atom stereocenters. The van der Waals surface area contributed by atoms with E-state index in [1.165, 1.54) is 12.8 Å². The zero-order chi connectivity index (χ0) is 14.8. The summed E-state index contributed by atoms with van der Waals surface area (Å²) in [6, 6.07) is 0. The zero-order valence-electron chi connectivity index (χ0n) is 13.1. The van der Waals surface area contributed by atoms with E-state index in [1.54, 1.807) is 0 Å². The second kappa shape index (κ2) is 5.95. The molecule has 1 fully saturated rings. The van der Waals surface area contributed by atoms with Gasteiger partial charge in [-0.25, -0.2) is 15.8 Å². The van der Waals surface area contributed by atoms with E-state index in [4.69, 9.17) is 5.84 Å². The number of aryl methyl sites for hydroxylation is 1. The fraction of sp³-hybridized carbons (Fsp3) is 0.733. The maximum absolute atomic E-state index is 5.56. The highest BCUT2D eigenvalue weighted by atomic mass is 15.3. The average Bonchev–Trinajstić information content (AvgIpc) is 3.20. The van der Waals surface area contributed by atoms with Gasteiger partial charge in [-0.3, -0.25) is 0 Å². The van der Waals surface area contributed by atoms with Crippen molar-refractivity contribution in [2.45, 2.75) is 53.4 Å². The number of anilines is 2. The summed E-state index contributed by atoms with van der Waals surface area (Å²) in [6.45, 7) is 9.72. The highest BCUT2D eigenvalue weighted by Gasteiger charge is 2.45. The first-order valence-corrected chi connectivity index (χ1v) is 7.60. The quantitative estimate of drug-likeness (QED) is 0.528. The van der Waals surface area contributed by atoms with Crippen LogP contribution in [0.2, 0.25) is 0 Å². The molecule has 0 saturated heterocycles. The summed E-state index contributed by atoms with van der Waals surface area (Å²) in [4.78, 5) is 9.09. The Labute approximate surface area is 121 Å². The first kappa shape index (κ1) is 15.0. The Balaban J connectivity index is 2.15. The molecule has 0 aliphatic heterocycles. The Morgan fingerprint density at radius 1 is 1.25 bits per heavy atom. The van der Waals surface area contributed by atoms with Crippen molar-refractivity contribution in [1.29, 1.82) is 0 Å². The topological polar surface area (TPSA) is 75.9 Å². The maximum Gasteiger partial charge on any atom is 0.148 e. The van der Waals surface area contributed by atoms with Crippen LogP contribution in [-0.4, -0.2) is 16.5 Å². The van der Waals surface area contributed by atoms with Crippen LogP contribution in [0.25, 0.3) is 0 Å². The Hall–Kier alpha value is -1.36. The van der Waals surface area contributed by atoms with Gasteiger partial charge in [-0.1, -0.05) is 20.8 Å². The van der Waals surface area contributed by atoms with Crippen molar-refractivity contribution >= 4 is 11.6 Å². The molecule has 4 N–H and O–H groups in total. The van der Waals surface area contributed by atoms with E-state index in [0.29, 0.717) is 11.3 Å². The lowest BCUT2D eigenvalue weighted by atomic mass is 9.92. The molecular weight excluding hydrogens is 250 g/mol. The van der Waals surface area contributed by atoms with Crippen LogP contribution in [0.15, 0.2) is 0 Å². The van der Waals surface area contributed by atoms with Crippen LogP contribution in [0.1, 0.15) is 51.4 Å². The number of nitrogen functional groups attached to an aromatic ring is 1. The molecule has 112 valence electrons. The lowest BCUT2D eigenvalue weighted by molar-refractivity contribution is 0.379. The van der Waals surface area contributed by atoms with Gasteiger partial charge < -0.3 is 10.7 Å². The molecule has 0 aromatic carbocycles. The average molecular weight is 277 g/mol. The highest BCUT2D eigenvalue weighted by Crippen LogP contribution is 2.51. The van der Waals surface area contributed by atoms with Crippen molar-refractivity contribution in [3.63, 3.8) is 0 Å². The van der Waals surface area contributed by atoms with Gasteiger partial charge in [-0.05, 0) is 37.5 Å². The third kappa shape index (κ3) is 3.03. The molecule has 1 aliphatic rings. The standard InChI is InChI=1S/C15H27N5/c1-5-6-12-18-13(11(4)14(19-12)20-16)17-9-15(7-8-15)10(2)3/h10H,5-9,16H2,1-4H3,(H2,17,18,19,20). The number of aromatic nitrogens is 2. The van der Waals surface area contributed by atoms with E-state index in [2.05, 4.69) is 41.5 Å². The molecule has 0 radical (unpaired) electrons. The van der Waals surface area contributed by atoms with Gasteiger partial charge in [0, 0.05) is 18.5 Å². The number of hydrogen-bond acceptors (Lipinski definition) is 5. The molecule has 0 unspecified atom stereocenters. The molecule has 5 heteroatoms.